The molecule has 12 N–H and O–H groups in total. The van der Waals surface area contributed by atoms with E-state index in [0.717, 1.165) is 0 Å². The molecule has 0 radical (unpaired) electrons. The van der Waals surface area contributed by atoms with E-state index in [1.807, 2.05) is 0 Å². The molecule has 0 bridgehead atoms. The predicted molar refractivity (Wildman–Crippen MR) is 48.4 cm³/mol. The largest absolute Gasteiger partial charge is 3.00 e. The van der Waals surface area contributed by atoms with Crippen LogP contribution in [0.25, 0.3) is 0 Å². The predicted octanol–water partition coefficient (Wildman–Crippen LogP) is -11.0. The summed E-state index contributed by atoms with van der Waals surface area (Å²) in [5, 5.41) is 0. The Kier molecular flexibility index (Phi) is 127. The first-order valence-corrected chi connectivity index (χ1v) is 4.00. The molecule has 0 rings (SSSR count). The second-order valence-electron chi connectivity index (χ2n) is 0.816. The van der Waals surface area contributed by atoms with Crippen molar-refractivity contribution >= 4 is 38.2 Å². The molecule has 0 aromatic heterocycles. The summed E-state index contributed by atoms with van der Waals surface area (Å²) >= 11 is 0. The summed E-state index contributed by atoms with van der Waals surface area (Å²) in [5.41, 5.74) is 0. The molecule has 112 valence electrons. The molecule has 0 aliphatic rings. The van der Waals surface area contributed by atoms with E-state index in [0.29, 0.717) is 0 Å². The van der Waals surface area contributed by atoms with Gasteiger partial charge in [-0.05, 0) is 0 Å². The van der Waals surface area contributed by atoms with Gasteiger partial charge in [-0.1, -0.05) is 0 Å². The van der Waals surface area contributed by atoms with Gasteiger partial charge < -0.3 is 51.1 Å². The summed E-state index contributed by atoms with van der Waals surface area (Å²) in [6.07, 6.45) is 0. The van der Waals surface area contributed by atoms with Crippen LogP contribution < -0.4 is 51.4 Å². The zero-order chi connectivity index (χ0) is 9.00. The molecule has 0 saturated heterocycles. The maximum Gasteiger partial charge on any atom is 3.00 e. The Bertz CT molecular complexity index is 216. The van der Waals surface area contributed by atoms with Crippen LogP contribution in [0.3, 0.4) is 0 Å². The van der Waals surface area contributed by atoms with Crippen LogP contribution in [0.5, 0.6) is 0 Å². The van der Waals surface area contributed by atoms with Gasteiger partial charge in [0.25, 0.3) is 0 Å². The summed E-state index contributed by atoms with van der Waals surface area (Å²) in [6, 6.07) is 0. The van der Waals surface area contributed by atoms with E-state index in [-0.39, 0.29) is 102 Å². The molecule has 0 aliphatic heterocycles. The zero-order valence-electron chi connectivity index (χ0n) is 8.66. The Hall–Kier alpha value is 1.67. The summed E-state index contributed by atoms with van der Waals surface area (Å²) in [7, 11) is -10.3. The fourth-order valence-corrected chi connectivity index (χ4v) is 0. The minimum atomic E-state index is -5.17. The van der Waals surface area contributed by atoms with E-state index in [2.05, 4.69) is 0 Å². The van der Waals surface area contributed by atoms with Crippen LogP contribution in [-0.4, -0.2) is 85.3 Å². The smallest absolute Gasteiger partial charge is 0.759 e. The maximum atomic E-state index is 8.52. The van der Waals surface area contributed by atoms with Crippen LogP contribution in [-0.2, 0) is 20.8 Å². The van der Waals surface area contributed by atoms with Crippen molar-refractivity contribution in [3.8, 4) is 0 Å². The monoisotopic (exact) mass is 366 g/mol. The molecule has 0 unspecified atom stereocenters. The second-order valence-corrected chi connectivity index (χ2v) is 2.45. The normalized spacial score (nSPS) is 6.44. The van der Waals surface area contributed by atoms with Crippen molar-refractivity contribution in [3.05, 3.63) is 0 Å². The first kappa shape index (κ1) is 73.3. The van der Waals surface area contributed by atoms with Crippen LogP contribution in [0.15, 0.2) is 0 Å². The molecule has 0 aliphatic carbocycles. The standard InChI is InChI=1S/Al.K.2H2O4S.6H2O/c;;2*1-5(2,3)4;;;;;;/h;;2*(H2,1,2,3,4);6*1H2/q+3;+1;;;;;;;;/p-4. The average molecular weight is 366 g/mol. The molecule has 0 heterocycles. The molecule has 0 atom stereocenters. The SMILES string of the molecule is O.O.O.O.O.O.O=S(=O)([O-])[O-].O=S(=O)([O-])[O-].[Al+3].[K+]. The fourth-order valence-electron chi connectivity index (χ4n) is 0. The van der Waals surface area contributed by atoms with Crippen LogP contribution in [0.2, 0.25) is 0 Å². The number of rotatable bonds is 0. The summed E-state index contributed by atoms with van der Waals surface area (Å²) in [6.45, 7) is 0. The van der Waals surface area contributed by atoms with Crippen LogP contribution in [0.4, 0.5) is 0 Å². The molecule has 0 fully saturated rings. The van der Waals surface area contributed by atoms with Gasteiger partial charge in [0, 0.05) is 20.8 Å². The summed E-state index contributed by atoms with van der Waals surface area (Å²) < 4.78 is 68.2. The minimum absolute atomic E-state index is 0. The molecular weight excluding hydrogens is 354 g/mol. The Labute approximate surface area is 155 Å². The van der Waals surface area contributed by atoms with Crippen molar-refractivity contribution in [1.29, 1.82) is 0 Å². The Morgan fingerprint density at radius 2 is 0.500 bits per heavy atom. The van der Waals surface area contributed by atoms with E-state index in [9.17, 15) is 0 Å². The van der Waals surface area contributed by atoms with E-state index < -0.39 is 20.8 Å². The first-order valence-electron chi connectivity index (χ1n) is 1.33. The Morgan fingerprint density at radius 3 is 0.500 bits per heavy atom. The quantitative estimate of drug-likeness (QED) is 0.224. The van der Waals surface area contributed by atoms with E-state index in [4.69, 9.17) is 35.0 Å². The van der Waals surface area contributed by atoms with Crippen molar-refractivity contribution in [2.75, 3.05) is 0 Å². The number of hydrogen-bond acceptors (Lipinski definition) is 8. The third-order valence-electron chi connectivity index (χ3n) is 0. The average Bonchev–Trinajstić information content (AvgIpc) is 1.12. The van der Waals surface area contributed by atoms with Crippen molar-refractivity contribution < 1.29 is 119 Å². The molecular formula is H12AlKO14S2. The van der Waals surface area contributed by atoms with Gasteiger partial charge in [0.05, 0.1) is 0 Å². The Balaban J connectivity index is -0.00000000615. The summed E-state index contributed by atoms with van der Waals surface area (Å²) in [5.74, 6) is 0. The zero-order valence-corrected chi connectivity index (χ0v) is 14.6. The van der Waals surface area contributed by atoms with E-state index >= 15 is 0 Å². The summed E-state index contributed by atoms with van der Waals surface area (Å²) in [4.78, 5) is 0. The molecule has 0 amide bonds. The Morgan fingerprint density at radius 1 is 0.500 bits per heavy atom. The van der Waals surface area contributed by atoms with E-state index in [1.54, 1.807) is 0 Å². The first-order chi connectivity index (χ1) is 4.00. The minimum Gasteiger partial charge on any atom is -0.759 e. The third kappa shape index (κ3) is 1760. The van der Waals surface area contributed by atoms with Crippen molar-refractivity contribution in [2.24, 2.45) is 0 Å². The van der Waals surface area contributed by atoms with Crippen molar-refractivity contribution in [3.63, 3.8) is 0 Å². The molecule has 14 nitrogen and oxygen atoms in total. The molecule has 0 aromatic rings. The maximum absolute atomic E-state index is 8.52. The van der Waals surface area contributed by atoms with Gasteiger partial charge in [0.2, 0.25) is 0 Å². The van der Waals surface area contributed by atoms with Gasteiger partial charge in [-0.2, -0.15) is 0 Å². The molecule has 0 aromatic carbocycles. The second kappa shape index (κ2) is 31.2. The van der Waals surface area contributed by atoms with Crippen molar-refractivity contribution in [2.45, 2.75) is 0 Å². The van der Waals surface area contributed by atoms with Crippen LogP contribution >= 0.6 is 0 Å². The molecule has 18 heavy (non-hydrogen) atoms. The van der Waals surface area contributed by atoms with Gasteiger partial charge >= 0.3 is 68.7 Å². The van der Waals surface area contributed by atoms with Gasteiger partial charge in [0.15, 0.2) is 0 Å². The number of hydrogen-bond donors (Lipinski definition) is 0. The fraction of sp³-hybridized carbons (Fsp3) is 0. The van der Waals surface area contributed by atoms with Gasteiger partial charge in [-0.15, -0.1) is 0 Å². The van der Waals surface area contributed by atoms with Crippen molar-refractivity contribution in [1.82, 2.24) is 0 Å². The van der Waals surface area contributed by atoms with E-state index in [1.165, 1.54) is 0 Å². The molecule has 0 spiro atoms. The third-order valence-corrected chi connectivity index (χ3v) is 0. The topological polar surface area (TPSA) is 350 Å². The molecule has 0 saturated carbocycles. The van der Waals surface area contributed by atoms with Gasteiger partial charge in [0.1, 0.15) is 0 Å². The van der Waals surface area contributed by atoms with Gasteiger partial charge in [-0.25, -0.2) is 0 Å². The van der Waals surface area contributed by atoms with Gasteiger partial charge in [-0.3, -0.25) is 16.8 Å². The van der Waals surface area contributed by atoms with Crippen LogP contribution in [0, 0.1) is 0 Å². The van der Waals surface area contributed by atoms with Crippen LogP contribution in [0.1, 0.15) is 0 Å². The molecule has 18 heteroatoms.